The molecule has 1 saturated heterocycles. The number of aliphatic hydroxyl groups excluding tert-OH is 1. The number of primary amides is 1. The number of β-amino-alcohol motifs (C(OH)–C–C–N with tert-alkyl or cyclic N) is 1. The van der Waals surface area contributed by atoms with Crippen LogP contribution in [-0.4, -0.2) is 42.4 Å². The second kappa shape index (κ2) is 5.00. The molecule has 2 atom stereocenters. The van der Waals surface area contributed by atoms with Crippen molar-refractivity contribution >= 4 is 21.6 Å². The molecule has 1 amide bonds. The number of anilines is 1. The molecule has 1 aliphatic heterocycles. The van der Waals surface area contributed by atoms with Crippen molar-refractivity contribution in [1.82, 2.24) is 4.31 Å². The molecule has 1 aliphatic rings. The molecule has 1 aromatic rings. The van der Waals surface area contributed by atoms with Crippen LogP contribution < -0.4 is 11.5 Å². The van der Waals surface area contributed by atoms with Crippen molar-refractivity contribution in [3.8, 4) is 0 Å². The number of rotatable bonds is 3. The average Bonchev–Trinajstić information content (AvgIpc) is 2.71. The van der Waals surface area contributed by atoms with Gasteiger partial charge < -0.3 is 16.6 Å². The maximum atomic E-state index is 13.0. The second-order valence-corrected chi connectivity index (χ2v) is 6.42. The summed E-state index contributed by atoms with van der Waals surface area (Å²) in [6.07, 6.45) is -1.06. The Balaban J connectivity index is 2.46. The number of carbonyl (C=O) groups is 1. The van der Waals surface area contributed by atoms with Gasteiger partial charge in [-0.1, -0.05) is 0 Å². The summed E-state index contributed by atoms with van der Waals surface area (Å²) in [6.45, 7) is -0.257. The van der Waals surface area contributed by atoms with E-state index in [0.717, 1.165) is 22.5 Å². The largest absolute Gasteiger partial charge is 0.398 e. The van der Waals surface area contributed by atoms with E-state index in [-0.39, 0.29) is 23.5 Å². The number of amides is 1. The number of hydrogen-bond donors (Lipinski definition) is 3. The lowest BCUT2D eigenvalue weighted by atomic mass is 10.2. The van der Waals surface area contributed by atoms with E-state index < -0.39 is 33.9 Å². The summed E-state index contributed by atoms with van der Waals surface area (Å²) in [5, 5.41) is 9.54. The zero-order chi connectivity index (χ0) is 15.1. The first-order valence-electron chi connectivity index (χ1n) is 5.77. The highest BCUT2D eigenvalue weighted by atomic mass is 32.2. The lowest BCUT2D eigenvalue weighted by Crippen LogP contribution is -2.43. The van der Waals surface area contributed by atoms with Crippen LogP contribution in [0.1, 0.15) is 6.42 Å². The van der Waals surface area contributed by atoms with Crippen LogP contribution in [0.4, 0.5) is 10.1 Å². The van der Waals surface area contributed by atoms with Crippen molar-refractivity contribution in [3.63, 3.8) is 0 Å². The molecule has 9 heteroatoms. The van der Waals surface area contributed by atoms with Gasteiger partial charge in [-0.05, 0) is 18.2 Å². The van der Waals surface area contributed by atoms with E-state index in [9.17, 15) is 22.7 Å². The molecule has 0 bridgehead atoms. The summed E-state index contributed by atoms with van der Waals surface area (Å²) in [5.41, 5.74) is 10.4. The lowest BCUT2D eigenvalue weighted by Gasteiger charge is -2.22. The van der Waals surface area contributed by atoms with Crippen molar-refractivity contribution < 1.29 is 22.7 Å². The number of nitrogen functional groups attached to an aromatic ring is 1. The smallest absolute Gasteiger partial charge is 0.245 e. The van der Waals surface area contributed by atoms with E-state index in [2.05, 4.69) is 0 Å². The zero-order valence-corrected chi connectivity index (χ0v) is 11.2. The van der Waals surface area contributed by atoms with E-state index in [0.29, 0.717) is 0 Å². The highest BCUT2D eigenvalue weighted by Crippen LogP contribution is 2.29. The van der Waals surface area contributed by atoms with Crippen LogP contribution in [0.5, 0.6) is 0 Å². The lowest BCUT2D eigenvalue weighted by molar-refractivity contribution is -0.121. The topological polar surface area (TPSA) is 127 Å². The molecule has 110 valence electrons. The van der Waals surface area contributed by atoms with Gasteiger partial charge in [-0.15, -0.1) is 0 Å². The Morgan fingerprint density at radius 2 is 2.10 bits per heavy atom. The predicted molar refractivity (Wildman–Crippen MR) is 68.3 cm³/mol. The number of carbonyl (C=O) groups excluding carboxylic acids is 1. The molecule has 1 heterocycles. The van der Waals surface area contributed by atoms with E-state index in [1.807, 2.05) is 0 Å². The highest BCUT2D eigenvalue weighted by molar-refractivity contribution is 7.89. The number of nitrogens with zero attached hydrogens (tertiary/aromatic N) is 1. The first-order valence-corrected chi connectivity index (χ1v) is 7.21. The van der Waals surface area contributed by atoms with Crippen LogP contribution in [0, 0.1) is 5.82 Å². The van der Waals surface area contributed by atoms with Crippen molar-refractivity contribution in [1.29, 1.82) is 0 Å². The Bertz CT molecular complexity index is 649. The van der Waals surface area contributed by atoms with Crippen molar-refractivity contribution in [2.75, 3.05) is 12.3 Å². The van der Waals surface area contributed by atoms with Gasteiger partial charge in [-0.2, -0.15) is 4.31 Å². The summed E-state index contributed by atoms with van der Waals surface area (Å²) in [5.74, 6) is -1.53. The highest BCUT2D eigenvalue weighted by Gasteiger charge is 2.43. The van der Waals surface area contributed by atoms with Crippen LogP contribution in [-0.2, 0) is 14.8 Å². The van der Waals surface area contributed by atoms with Gasteiger partial charge in [0.05, 0.1) is 11.8 Å². The number of aliphatic hydroxyl groups is 1. The van der Waals surface area contributed by atoms with Crippen molar-refractivity contribution in [2.45, 2.75) is 23.5 Å². The molecule has 20 heavy (non-hydrogen) atoms. The van der Waals surface area contributed by atoms with Gasteiger partial charge >= 0.3 is 0 Å². The molecule has 7 nitrogen and oxygen atoms in total. The Kier molecular flexibility index (Phi) is 3.67. The molecule has 1 fully saturated rings. The monoisotopic (exact) mass is 303 g/mol. The van der Waals surface area contributed by atoms with E-state index >= 15 is 0 Å². The fraction of sp³-hybridized carbons (Fsp3) is 0.364. The van der Waals surface area contributed by atoms with Crippen LogP contribution in [0.15, 0.2) is 23.1 Å². The zero-order valence-electron chi connectivity index (χ0n) is 10.4. The Morgan fingerprint density at radius 3 is 2.65 bits per heavy atom. The number of halogens is 1. The van der Waals surface area contributed by atoms with Gasteiger partial charge in [0.15, 0.2) is 0 Å². The number of nitrogens with two attached hydrogens (primary N) is 2. The number of sulfonamides is 1. The quantitative estimate of drug-likeness (QED) is 0.618. The van der Waals surface area contributed by atoms with Gasteiger partial charge in [-0.25, -0.2) is 12.8 Å². The third-order valence-corrected chi connectivity index (χ3v) is 5.07. The molecule has 2 rings (SSSR count). The fourth-order valence-corrected chi connectivity index (χ4v) is 3.93. The normalized spacial score (nSPS) is 23.9. The summed E-state index contributed by atoms with van der Waals surface area (Å²) < 4.78 is 38.6. The molecule has 1 aromatic carbocycles. The molecular weight excluding hydrogens is 289 g/mol. The molecule has 0 aromatic heterocycles. The Morgan fingerprint density at radius 1 is 1.45 bits per heavy atom. The van der Waals surface area contributed by atoms with Gasteiger partial charge in [0.2, 0.25) is 15.9 Å². The van der Waals surface area contributed by atoms with Crippen LogP contribution in [0.3, 0.4) is 0 Å². The Hall–Kier alpha value is -1.71. The summed E-state index contributed by atoms with van der Waals surface area (Å²) in [7, 11) is -4.13. The second-order valence-electron chi connectivity index (χ2n) is 4.56. The fourth-order valence-electron chi connectivity index (χ4n) is 2.19. The van der Waals surface area contributed by atoms with Crippen molar-refractivity contribution in [3.05, 3.63) is 24.0 Å². The molecular formula is C11H14FN3O4S. The predicted octanol–water partition coefficient (Wildman–Crippen LogP) is -0.983. The Labute approximate surface area is 115 Å². The minimum atomic E-state index is -4.13. The van der Waals surface area contributed by atoms with Crippen LogP contribution in [0.25, 0.3) is 0 Å². The van der Waals surface area contributed by atoms with Gasteiger partial charge in [0.1, 0.15) is 16.8 Å². The molecule has 0 spiro atoms. The molecule has 0 radical (unpaired) electrons. The van der Waals surface area contributed by atoms with Gasteiger partial charge in [-0.3, -0.25) is 4.79 Å². The van der Waals surface area contributed by atoms with Gasteiger partial charge in [0.25, 0.3) is 0 Å². The summed E-state index contributed by atoms with van der Waals surface area (Å²) >= 11 is 0. The van der Waals surface area contributed by atoms with E-state index in [1.54, 1.807) is 0 Å². The van der Waals surface area contributed by atoms with Crippen molar-refractivity contribution in [2.24, 2.45) is 5.73 Å². The third kappa shape index (κ3) is 2.47. The molecule has 5 N–H and O–H groups in total. The molecule has 0 saturated carbocycles. The number of benzene rings is 1. The summed E-state index contributed by atoms with van der Waals surface area (Å²) in [6, 6.07) is 1.70. The maximum Gasteiger partial charge on any atom is 0.245 e. The third-order valence-electron chi connectivity index (χ3n) is 3.12. The SMILES string of the molecule is NC(=O)C1CC(O)CN1S(=O)(=O)c1ccc(F)cc1N. The van der Waals surface area contributed by atoms with Crippen LogP contribution >= 0.6 is 0 Å². The minimum Gasteiger partial charge on any atom is -0.398 e. The summed E-state index contributed by atoms with van der Waals surface area (Å²) in [4.78, 5) is 11.0. The molecule has 0 aliphatic carbocycles. The number of hydrogen-bond acceptors (Lipinski definition) is 5. The average molecular weight is 303 g/mol. The first-order chi connectivity index (χ1) is 9.23. The molecule has 2 unspecified atom stereocenters. The van der Waals surface area contributed by atoms with Crippen LogP contribution in [0.2, 0.25) is 0 Å². The maximum absolute atomic E-state index is 13.0. The van der Waals surface area contributed by atoms with Gasteiger partial charge in [0, 0.05) is 13.0 Å². The minimum absolute atomic E-state index is 0.0737. The first kappa shape index (κ1) is 14.7. The van der Waals surface area contributed by atoms with E-state index in [1.165, 1.54) is 0 Å². The van der Waals surface area contributed by atoms with E-state index in [4.69, 9.17) is 11.5 Å². The standard InChI is InChI=1S/C11H14FN3O4S/c12-6-1-2-10(8(13)3-6)20(18,19)15-5-7(16)4-9(15)11(14)17/h1-3,7,9,16H,4-5,13H2,(H2,14,17).